The zero-order chi connectivity index (χ0) is 17.0. The lowest BCUT2D eigenvalue weighted by Crippen LogP contribution is -2.34. The van der Waals surface area contributed by atoms with Crippen molar-refractivity contribution in [3.63, 3.8) is 0 Å². The quantitative estimate of drug-likeness (QED) is 0.589. The Morgan fingerprint density at radius 3 is 2.24 bits per heavy atom. The summed E-state index contributed by atoms with van der Waals surface area (Å²) in [4.78, 5) is 27.8. The van der Waals surface area contributed by atoms with Crippen LogP contribution in [0.5, 0.6) is 0 Å². The Balaban J connectivity index is 1.64. The Labute approximate surface area is 147 Å². The Morgan fingerprint density at radius 2 is 1.52 bits per heavy atom. The molecule has 2 aromatic rings. The first-order chi connectivity index (χ1) is 12.2. The maximum atomic E-state index is 12.7. The summed E-state index contributed by atoms with van der Waals surface area (Å²) >= 11 is 0. The second-order valence-electron chi connectivity index (χ2n) is 7.10. The largest absolute Gasteiger partial charge is 0.371 e. The van der Waals surface area contributed by atoms with Crippen molar-refractivity contribution in [2.24, 2.45) is 0 Å². The van der Waals surface area contributed by atoms with Crippen LogP contribution in [-0.2, 0) is 12.8 Å². The number of rotatable bonds is 1. The van der Waals surface area contributed by atoms with Crippen LogP contribution >= 0.6 is 0 Å². The van der Waals surface area contributed by atoms with E-state index in [1.807, 2.05) is 18.2 Å². The first kappa shape index (κ1) is 14.6. The predicted octanol–water partition coefficient (Wildman–Crippen LogP) is 3.85. The highest BCUT2D eigenvalue weighted by atomic mass is 16.2. The molecule has 0 atom stereocenters. The van der Waals surface area contributed by atoms with E-state index in [4.69, 9.17) is 0 Å². The molecule has 5 rings (SSSR count). The van der Waals surface area contributed by atoms with Gasteiger partial charge in [0.05, 0.1) is 5.57 Å². The standard InChI is InChI=1S/C22H19NO2/c24-21-17-6-1-2-7-18(17)22(25)19(21)13-15-10-9-14-5-3-11-23-12-4-8-16(15)20(14)23/h1-2,6-7,9-10,13H,3-5,8,11-12H2. The van der Waals surface area contributed by atoms with Gasteiger partial charge in [0.25, 0.3) is 0 Å². The molecule has 2 heterocycles. The number of allylic oxidation sites excluding steroid dienone is 1. The van der Waals surface area contributed by atoms with Crippen LogP contribution in [0, 0.1) is 0 Å². The second kappa shape index (κ2) is 5.41. The third-order valence-corrected chi connectivity index (χ3v) is 5.65. The van der Waals surface area contributed by atoms with E-state index in [-0.39, 0.29) is 11.6 Å². The Morgan fingerprint density at radius 1 is 0.840 bits per heavy atom. The molecule has 124 valence electrons. The smallest absolute Gasteiger partial charge is 0.197 e. The number of carbonyl (C=O) groups is 2. The molecule has 1 aliphatic carbocycles. The van der Waals surface area contributed by atoms with Gasteiger partial charge in [-0.15, -0.1) is 0 Å². The fourth-order valence-corrected chi connectivity index (χ4v) is 4.50. The first-order valence-corrected chi connectivity index (χ1v) is 9.04. The average Bonchev–Trinajstić information content (AvgIpc) is 2.89. The van der Waals surface area contributed by atoms with E-state index in [9.17, 15) is 9.59 Å². The molecule has 0 saturated carbocycles. The van der Waals surface area contributed by atoms with Gasteiger partial charge >= 0.3 is 0 Å². The van der Waals surface area contributed by atoms with Gasteiger partial charge in [0.1, 0.15) is 0 Å². The maximum absolute atomic E-state index is 12.7. The van der Waals surface area contributed by atoms with Gasteiger partial charge in [-0.05, 0) is 48.4 Å². The van der Waals surface area contributed by atoms with Crippen molar-refractivity contribution >= 4 is 23.3 Å². The van der Waals surface area contributed by atoms with Crippen LogP contribution in [0.15, 0.2) is 42.0 Å². The number of anilines is 1. The van der Waals surface area contributed by atoms with Gasteiger partial charge < -0.3 is 4.90 Å². The van der Waals surface area contributed by atoms with Crippen molar-refractivity contribution in [1.82, 2.24) is 0 Å². The zero-order valence-corrected chi connectivity index (χ0v) is 14.0. The average molecular weight is 329 g/mol. The molecule has 3 aliphatic rings. The maximum Gasteiger partial charge on any atom is 0.197 e. The molecule has 0 fully saturated rings. The highest BCUT2D eigenvalue weighted by Crippen LogP contribution is 2.38. The summed E-state index contributed by atoms with van der Waals surface area (Å²) in [5, 5.41) is 0. The summed E-state index contributed by atoms with van der Waals surface area (Å²) in [7, 11) is 0. The van der Waals surface area contributed by atoms with Crippen LogP contribution in [0.1, 0.15) is 50.2 Å². The summed E-state index contributed by atoms with van der Waals surface area (Å²) < 4.78 is 0. The molecular weight excluding hydrogens is 310 g/mol. The predicted molar refractivity (Wildman–Crippen MR) is 98.4 cm³/mol. The third kappa shape index (κ3) is 2.12. The van der Waals surface area contributed by atoms with Gasteiger partial charge in [-0.25, -0.2) is 0 Å². The monoisotopic (exact) mass is 329 g/mol. The van der Waals surface area contributed by atoms with Crippen LogP contribution < -0.4 is 4.90 Å². The minimum Gasteiger partial charge on any atom is -0.371 e. The van der Waals surface area contributed by atoms with Crippen LogP contribution in [0.2, 0.25) is 0 Å². The van der Waals surface area contributed by atoms with Crippen molar-refractivity contribution in [3.05, 3.63) is 69.8 Å². The molecular formula is C22H19NO2. The SMILES string of the molecule is O=C1C(=Cc2ccc3c4c2CCCN4CCC3)C(=O)c2ccccc21. The van der Waals surface area contributed by atoms with E-state index in [0.29, 0.717) is 16.7 Å². The zero-order valence-electron chi connectivity index (χ0n) is 14.0. The second-order valence-corrected chi connectivity index (χ2v) is 7.10. The normalized spacial score (nSPS) is 18.2. The number of hydrogen-bond donors (Lipinski definition) is 0. The van der Waals surface area contributed by atoms with E-state index in [0.717, 1.165) is 37.9 Å². The van der Waals surface area contributed by atoms with Crippen LogP contribution in [0.3, 0.4) is 0 Å². The molecule has 0 amide bonds. The highest BCUT2D eigenvalue weighted by molar-refractivity contribution is 6.41. The molecule has 0 N–H and O–H groups in total. The number of ketones is 2. The minimum atomic E-state index is -0.141. The molecule has 25 heavy (non-hydrogen) atoms. The number of aryl methyl sites for hydroxylation is 1. The number of nitrogens with zero attached hydrogens (tertiary/aromatic N) is 1. The molecule has 0 radical (unpaired) electrons. The number of Topliss-reactive ketones (excluding diaryl/α,β-unsaturated/α-hetero) is 2. The molecule has 0 saturated heterocycles. The minimum absolute atomic E-state index is 0.141. The molecule has 0 spiro atoms. The number of carbonyl (C=O) groups excluding carboxylic acids is 2. The van der Waals surface area contributed by atoms with Crippen molar-refractivity contribution in [1.29, 1.82) is 0 Å². The summed E-state index contributed by atoms with van der Waals surface area (Å²) in [5.41, 5.74) is 6.50. The lowest BCUT2D eigenvalue weighted by Gasteiger charge is -2.37. The molecule has 0 unspecified atom stereocenters. The Hall–Kier alpha value is -2.68. The summed E-state index contributed by atoms with van der Waals surface area (Å²) in [6.45, 7) is 2.23. The number of hydrogen-bond acceptors (Lipinski definition) is 3. The van der Waals surface area contributed by atoms with Gasteiger partial charge in [-0.3, -0.25) is 9.59 Å². The van der Waals surface area contributed by atoms with Crippen LogP contribution in [0.4, 0.5) is 5.69 Å². The fourth-order valence-electron chi connectivity index (χ4n) is 4.50. The Kier molecular flexibility index (Phi) is 3.17. The van der Waals surface area contributed by atoms with E-state index in [2.05, 4.69) is 17.0 Å². The van der Waals surface area contributed by atoms with Crippen molar-refractivity contribution in [2.75, 3.05) is 18.0 Å². The first-order valence-electron chi connectivity index (χ1n) is 9.04. The third-order valence-electron chi connectivity index (χ3n) is 5.65. The van der Waals surface area contributed by atoms with E-state index in [1.54, 1.807) is 12.1 Å². The fraction of sp³-hybridized carbons (Fsp3) is 0.273. The molecule has 2 aromatic carbocycles. The topological polar surface area (TPSA) is 37.4 Å². The lowest BCUT2D eigenvalue weighted by molar-refractivity contribution is 0.0990. The molecule has 0 aromatic heterocycles. The highest BCUT2D eigenvalue weighted by Gasteiger charge is 2.33. The van der Waals surface area contributed by atoms with Crippen molar-refractivity contribution in [2.45, 2.75) is 25.7 Å². The number of fused-ring (bicyclic) bond motifs is 1. The van der Waals surface area contributed by atoms with Gasteiger partial charge in [-0.1, -0.05) is 36.4 Å². The summed E-state index contributed by atoms with van der Waals surface area (Å²) in [6.07, 6.45) is 6.32. The molecule has 0 bridgehead atoms. The van der Waals surface area contributed by atoms with Crippen molar-refractivity contribution in [3.8, 4) is 0 Å². The van der Waals surface area contributed by atoms with Gasteiger partial charge in [0, 0.05) is 29.9 Å². The van der Waals surface area contributed by atoms with E-state index >= 15 is 0 Å². The number of benzene rings is 2. The summed E-state index contributed by atoms with van der Waals surface area (Å²) in [5.74, 6) is -0.281. The van der Waals surface area contributed by atoms with Gasteiger partial charge in [0.2, 0.25) is 0 Å². The molecule has 2 aliphatic heterocycles. The van der Waals surface area contributed by atoms with Gasteiger partial charge in [0.15, 0.2) is 11.6 Å². The lowest BCUT2D eigenvalue weighted by atomic mass is 9.88. The van der Waals surface area contributed by atoms with Crippen molar-refractivity contribution < 1.29 is 9.59 Å². The molecule has 3 heteroatoms. The van der Waals surface area contributed by atoms with E-state index in [1.165, 1.54) is 23.2 Å². The van der Waals surface area contributed by atoms with Crippen LogP contribution in [-0.4, -0.2) is 24.7 Å². The summed E-state index contributed by atoms with van der Waals surface area (Å²) in [6, 6.07) is 11.4. The van der Waals surface area contributed by atoms with Crippen LogP contribution in [0.25, 0.3) is 6.08 Å². The van der Waals surface area contributed by atoms with E-state index < -0.39 is 0 Å². The van der Waals surface area contributed by atoms with Gasteiger partial charge in [-0.2, -0.15) is 0 Å². The molecule has 3 nitrogen and oxygen atoms in total. The Bertz CT molecular complexity index is 915.